The molecule has 0 unspecified atom stereocenters. The van der Waals surface area contributed by atoms with Crippen LogP contribution in [0.2, 0.25) is 0 Å². The fourth-order valence-electron chi connectivity index (χ4n) is 2.97. The molecule has 1 N–H and O–H groups in total. The zero-order valence-corrected chi connectivity index (χ0v) is 17.8. The Kier molecular flexibility index (Phi) is 7.38. The van der Waals surface area contributed by atoms with Gasteiger partial charge in [0.1, 0.15) is 16.5 Å². The zero-order valence-electron chi connectivity index (χ0n) is 17.0. The zero-order chi connectivity index (χ0) is 22.3. The summed E-state index contributed by atoms with van der Waals surface area (Å²) in [4.78, 5) is 12.2. The van der Waals surface area contributed by atoms with E-state index >= 15 is 0 Å². The molecule has 0 heterocycles. The molecule has 6 nitrogen and oxygen atoms in total. The Morgan fingerprint density at radius 3 is 2.26 bits per heavy atom. The molecule has 0 aliphatic heterocycles. The van der Waals surface area contributed by atoms with Crippen molar-refractivity contribution in [3.8, 4) is 5.75 Å². The van der Waals surface area contributed by atoms with Crippen molar-refractivity contribution in [3.05, 3.63) is 90.2 Å². The Balaban J connectivity index is 1.82. The highest BCUT2D eigenvalue weighted by atomic mass is 32.2. The molecule has 0 atom stereocenters. The second kappa shape index (κ2) is 10.2. The summed E-state index contributed by atoms with van der Waals surface area (Å²) < 4.78 is 46.9. The van der Waals surface area contributed by atoms with Crippen LogP contribution in [0.15, 0.2) is 83.8 Å². The first kappa shape index (κ1) is 22.5. The number of carbonyl (C=O) groups excluding carboxylic acids is 1. The standard InChI is InChI=1S/C23H23FN2O4S/c1-2-30-20-14-12-19(13-15-20)25-23(27)17-26(16-18-8-4-3-5-9-18)31(28,29)22-11-7-6-10-21(22)24/h3-15H,2,16-17H2,1H3,(H,25,27). The maximum Gasteiger partial charge on any atom is 0.246 e. The summed E-state index contributed by atoms with van der Waals surface area (Å²) in [6.07, 6.45) is 0. The largest absolute Gasteiger partial charge is 0.494 e. The topological polar surface area (TPSA) is 75.7 Å². The van der Waals surface area contributed by atoms with Crippen LogP contribution in [0.5, 0.6) is 5.75 Å². The van der Waals surface area contributed by atoms with Gasteiger partial charge in [0.15, 0.2) is 0 Å². The molecule has 0 saturated carbocycles. The van der Waals surface area contributed by atoms with E-state index in [0.29, 0.717) is 23.6 Å². The molecule has 0 aliphatic rings. The van der Waals surface area contributed by atoms with Gasteiger partial charge in [0.05, 0.1) is 13.2 Å². The van der Waals surface area contributed by atoms with E-state index in [4.69, 9.17) is 4.74 Å². The first-order valence-corrected chi connectivity index (χ1v) is 11.2. The number of anilines is 1. The van der Waals surface area contributed by atoms with Crippen molar-refractivity contribution in [2.45, 2.75) is 18.4 Å². The third kappa shape index (κ3) is 5.90. The quantitative estimate of drug-likeness (QED) is 0.542. The van der Waals surface area contributed by atoms with Gasteiger partial charge in [0.2, 0.25) is 15.9 Å². The minimum atomic E-state index is -4.25. The molecule has 3 rings (SSSR count). The second-order valence-electron chi connectivity index (χ2n) is 6.69. The van der Waals surface area contributed by atoms with Crippen molar-refractivity contribution in [2.24, 2.45) is 0 Å². The molecule has 0 fully saturated rings. The number of carbonyl (C=O) groups is 1. The number of sulfonamides is 1. The van der Waals surface area contributed by atoms with Gasteiger partial charge in [0, 0.05) is 12.2 Å². The number of nitrogens with zero attached hydrogens (tertiary/aromatic N) is 1. The molecular formula is C23H23FN2O4S. The first-order chi connectivity index (χ1) is 14.9. The van der Waals surface area contributed by atoms with Crippen LogP contribution >= 0.6 is 0 Å². The van der Waals surface area contributed by atoms with Crippen LogP contribution in [0.4, 0.5) is 10.1 Å². The van der Waals surface area contributed by atoms with Crippen LogP contribution in [0.25, 0.3) is 0 Å². The lowest BCUT2D eigenvalue weighted by molar-refractivity contribution is -0.116. The van der Waals surface area contributed by atoms with E-state index in [2.05, 4.69) is 5.32 Å². The third-order valence-corrected chi connectivity index (χ3v) is 6.25. The Morgan fingerprint density at radius 1 is 0.968 bits per heavy atom. The number of ether oxygens (including phenoxy) is 1. The van der Waals surface area contributed by atoms with Crippen LogP contribution in [0.1, 0.15) is 12.5 Å². The van der Waals surface area contributed by atoms with Gasteiger partial charge in [-0.05, 0) is 48.9 Å². The van der Waals surface area contributed by atoms with E-state index in [0.717, 1.165) is 10.4 Å². The monoisotopic (exact) mass is 442 g/mol. The fraction of sp³-hybridized carbons (Fsp3) is 0.174. The normalized spacial score (nSPS) is 11.3. The molecule has 0 radical (unpaired) electrons. The lowest BCUT2D eigenvalue weighted by Gasteiger charge is -2.22. The highest BCUT2D eigenvalue weighted by Gasteiger charge is 2.29. The summed E-state index contributed by atoms with van der Waals surface area (Å²) in [5.74, 6) is -0.749. The molecule has 162 valence electrons. The molecule has 0 bridgehead atoms. The SMILES string of the molecule is CCOc1ccc(NC(=O)CN(Cc2ccccc2)S(=O)(=O)c2ccccc2F)cc1. The highest BCUT2D eigenvalue weighted by Crippen LogP contribution is 2.22. The average molecular weight is 443 g/mol. The summed E-state index contributed by atoms with van der Waals surface area (Å²) in [5.41, 5.74) is 1.17. The van der Waals surface area contributed by atoms with E-state index in [9.17, 15) is 17.6 Å². The second-order valence-corrected chi connectivity index (χ2v) is 8.60. The molecule has 3 aromatic rings. The van der Waals surface area contributed by atoms with Crippen molar-refractivity contribution in [3.63, 3.8) is 0 Å². The summed E-state index contributed by atoms with van der Waals surface area (Å²) in [6, 6.07) is 20.7. The van der Waals surface area contributed by atoms with Crippen LogP contribution in [-0.2, 0) is 21.4 Å². The van der Waals surface area contributed by atoms with E-state index in [1.54, 1.807) is 54.6 Å². The average Bonchev–Trinajstić information content (AvgIpc) is 2.76. The van der Waals surface area contributed by atoms with Crippen LogP contribution in [0, 0.1) is 5.82 Å². The molecular weight excluding hydrogens is 419 g/mol. The molecule has 0 aromatic heterocycles. The van der Waals surface area contributed by atoms with Crippen molar-refractivity contribution in [1.29, 1.82) is 0 Å². The van der Waals surface area contributed by atoms with Crippen molar-refractivity contribution in [2.75, 3.05) is 18.5 Å². The van der Waals surface area contributed by atoms with Gasteiger partial charge in [-0.1, -0.05) is 42.5 Å². The van der Waals surface area contributed by atoms with Gasteiger partial charge >= 0.3 is 0 Å². The van der Waals surface area contributed by atoms with Crippen molar-refractivity contribution >= 4 is 21.6 Å². The van der Waals surface area contributed by atoms with E-state index < -0.39 is 33.2 Å². The van der Waals surface area contributed by atoms with Gasteiger partial charge < -0.3 is 10.1 Å². The maximum absolute atomic E-state index is 14.3. The van der Waals surface area contributed by atoms with E-state index in [1.807, 2.05) is 6.92 Å². The molecule has 0 aliphatic carbocycles. The Labute approximate surface area is 181 Å². The Hall–Kier alpha value is -3.23. The molecule has 1 amide bonds. The molecule has 0 spiro atoms. The Morgan fingerprint density at radius 2 is 1.61 bits per heavy atom. The smallest absolute Gasteiger partial charge is 0.246 e. The molecule has 3 aromatic carbocycles. The van der Waals surface area contributed by atoms with E-state index in [-0.39, 0.29) is 6.54 Å². The lowest BCUT2D eigenvalue weighted by atomic mass is 10.2. The van der Waals surface area contributed by atoms with Gasteiger partial charge in [-0.2, -0.15) is 4.31 Å². The minimum Gasteiger partial charge on any atom is -0.494 e. The molecule has 0 saturated heterocycles. The predicted molar refractivity (Wildman–Crippen MR) is 117 cm³/mol. The number of nitrogens with one attached hydrogen (secondary N) is 1. The van der Waals surface area contributed by atoms with Crippen LogP contribution < -0.4 is 10.1 Å². The summed E-state index contributed by atoms with van der Waals surface area (Å²) >= 11 is 0. The summed E-state index contributed by atoms with van der Waals surface area (Å²) in [5, 5.41) is 2.67. The van der Waals surface area contributed by atoms with Crippen molar-refractivity contribution < 1.29 is 22.3 Å². The number of rotatable bonds is 9. The van der Waals surface area contributed by atoms with Gasteiger partial charge in [-0.25, -0.2) is 12.8 Å². The fourth-order valence-corrected chi connectivity index (χ4v) is 4.42. The number of benzene rings is 3. The van der Waals surface area contributed by atoms with Gasteiger partial charge in [-0.15, -0.1) is 0 Å². The van der Waals surface area contributed by atoms with Crippen LogP contribution in [0.3, 0.4) is 0 Å². The van der Waals surface area contributed by atoms with Crippen molar-refractivity contribution in [1.82, 2.24) is 4.31 Å². The number of hydrogen-bond donors (Lipinski definition) is 1. The van der Waals surface area contributed by atoms with Gasteiger partial charge in [0.25, 0.3) is 0 Å². The molecule has 8 heteroatoms. The summed E-state index contributed by atoms with van der Waals surface area (Å²) in [7, 11) is -4.25. The highest BCUT2D eigenvalue weighted by molar-refractivity contribution is 7.89. The lowest BCUT2D eigenvalue weighted by Crippen LogP contribution is -2.38. The first-order valence-electron chi connectivity index (χ1n) is 9.71. The number of halogens is 1. The van der Waals surface area contributed by atoms with Crippen LogP contribution in [-0.4, -0.2) is 31.8 Å². The van der Waals surface area contributed by atoms with E-state index in [1.165, 1.54) is 18.2 Å². The number of amides is 1. The number of hydrogen-bond acceptors (Lipinski definition) is 4. The van der Waals surface area contributed by atoms with Gasteiger partial charge in [-0.3, -0.25) is 4.79 Å². The Bertz CT molecular complexity index is 1120. The predicted octanol–water partition coefficient (Wildman–Crippen LogP) is 4.05. The minimum absolute atomic E-state index is 0.0752. The molecule has 31 heavy (non-hydrogen) atoms. The summed E-state index contributed by atoms with van der Waals surface area (Å²) in [6.45, 7) is 1.84. The third-order valence-electron chi connectivity index (χ3n) is 4.43. The maximum atomic E-state index is 14.3.